The first-order valence-electron chi connectivity index (χ1n) is 6.51. The lowest BCUT2D eigenvalue weighted by molar-refractivity contribution is -0.0629. The van der Waals surface area contributed by atoms with Gasteiger partial charge in [0.2, 0.25) is 0 Å². The van der Waals surface area contributed by atoms with E-state index in [1.807, 2.05) is 0 Å². The van der Waals surface area contributed by atoms with E-state index < -0.39 is 0 Å². The molecule has 0 amide bonds. The van der Waals surface area contributed by atoms with Crippen LogP contribution in [-0.2, 0) is 4.74 Å². The fourth-order valence-corrected chi connectivity index (χ4v) is 2.65. The third-order valence-electron chi connectivity index (χ3n) is 3.53. The minimum Gasteiger partial charge on any atom is -0.376 e. The second-order valence-electron chi connectivity index (χ2n) is 5.53. The van der Waals surface area contributed by atoms with Crippen molar-refractivity contribution < 1.29 is 9.13 Å². The Morgan fingerprint density at radius 1 is 1.42 bits per heavy atom. The molecule has 0 bridgehead atoms. The maximum Gasteiger partial charge on any atom is 0.123 e. The van der Waals surface area contributed by atoms with Crippen LogP contribution < -0.4 is 0 Å². The van der Waals surface area contributed by atoms with Crippen molar-refractivity contribution in [1.82, 2.24) is 0 Å². The van der Waals surface area contributed by atoms with Crippen LogP contribution in [0.3, 0.4) is 0 Å². The smallest absolute Gasteiger partial charge is 0.123 e. The number of hydrogen-bond acceptors (Lipinski definition) is 2. The average Bonchev–Trinajstić information content (AvgIpc) is 2.36. The molecule has 0 saturated carbocycles. The number of hydrogen-bond donors (Lipinski definition) is 0. The van der Waals surface area contributed by atoms with Crippen molar-refractivity contribution in [2.24, 2.45) is 5.92 Å². The summed E-state index contributed by atoms with van der Waals surface area (Å²) in [5.74, 6) is 0.0289. The number of halogens is 1. The Morgan fingerprint density at radius 2 is 2.11 bits per heavy atom. The lowest BCUT2D eigenvalue weighted by atomic mass is 9.80. The van der Waals surface area contributed by atoms with Crippen molar-refractivity contribution in [2.75, 3.05) is 6.61 Å². The van der Waals surface area contributed by atoms with E-state index in [1.54, 1.807) is 18.2 Å². The molecule has 0 aromatic heterocycles. The van der Waals surface area contributed by atoms with Crippen molar-refractivity contribution in [3.63, 3.8) is 0 Å². The predicted octanol–water partition coefficient (Wildman–Crippen LogP) is 3.94. The third-order valence-corrected chi connectivity index (χ3v) is 3.53. The number of ether oxygens (including phenoxy) is 1. The molecular formula is C16H18FNO. The van der Waals surface area contributed by atoms with E-state index in [9.17, 15) is 4.39 Å². The standard InChI is InChI=1S/C16H18FNO/c1-16(2)11-13(8-10-19-16)15(7-9-18)12-3-5-14(17)6-4-12/h3-7,13H,8,10-11H2,1-2H3/b15-7-. The Bertz CT molecular complexity index is 511. The van der Waals surface area contributed by atoms with Gasteiger partial charge in [-0.25, -0.2) is 4.39 Å². The zero-order valence-electron chi connectivity index (χ0n) is 11.3. The first-order valence-corrected chi connectivity index (χ1v) is 6.51. The summed E-state index contributed by atoms with van der Waals surface area (Å²) in [6.45, 7) is 4.82. The first kappa shape index (κ1) is 13.8. The highest BCUT2D eigenvalue weighted by atomic mass is 19.1. The number of rotatable bonds is 2. The molecule has 1 aromatic rings. The van der Waals surface area contributed by atoms with Gasteiger partial charge in [0.15, 0.2) is 0 Å². The summed E-state index contributed by atoms with van der Waals surface area (Å²) in [4.78, 5) is 0. The summed E-state index contributed by atoms with van der Waals surface area (Å²) in [6.07, 6.45) is 3.35. The van der Waals surface area contributed by atoms with E-state index in [-0.39, 0.29) is 17.3 Å². The minimum atomic E-state index is -0.257. The fraction of sp³-hybridized carbons (Fsp3) is 0.438. The van der Waals surface area contributed by atoms with Crippen molar-refractivity contribution in [3.05, 3.63) is 41.7 Å². The van der Waals surface area contributed by atoms with Crippen LogP contribution in [0.2, 0.25) is 0 Å². The molecule has 1 aromatic carbocycles. The van der Waals surface area contributed by atoms with Gasteiger partial charge in [0.1, 0.15) is 5.82 Å². The molecule has 2 rings (SSSR count). The monoisotopic (exact) mass is 259 g/mol. The molecule has 100 valence electrons. The maximum absolute atomic E-state index is 13.0. The van der Waals surface area contributed by atoms with Crippen molar-refractivity contribution in [2.45, 2.75) is 32.3 Å². The Labute approximate surface area is 113 Å². The molecule has 1 atom stereocenters. The van der Waals surface area contributed by atoms with Gasteiger partial charge in [-0.15, -0.1) is 0 Å². The van der Waals surface area contributed by atoms with E-state index in [2.05, 4.69) is 19.9 Å². The van der Waals surface area contributed by atoms with Crippen LogP contribution in [0.25, 0.3) is 5.57 Å². The second-order valence-corrected chi connectivity index (χ2v) is 5.53. The third kappa shape index (κ3) is 3.42. The average molecular weight is 259 g/mol. The van der Waals surface area contributed by atoms with Crippen LogP contribution >= 0.6 is 0 Å². The van der Waals surface area contributed by atoms with Gasteiger partial charge in [-0.05, 0) is 55.9 Å². The van der Waals surface area contributed by atoms with E-state index in [1.165, 1.54) is 12.1 Å². The van der Waals surface area contributed by atoms with Gasteiger partial charge >= 0.3 is 0 Å². The molecule has 1 saturated heterocycles. The van der Waals surface area contributed by atoms with E-state index in [0.29, 0.717) is 6.61 Å². The minimum absolute atomic E-state index is 0.169. The van der Waals surface area contributed by atoms with Crippen molar-refractivity contribution in [3.8, 4) is 6.07 Å². The Hall–Kier alpha value is -1.66. The quantitative estimate of drug-likeness (QED) is 0.754. The molecule has 1 heterocycles. The lowest BCUT2D eigenvalue weighted by Crippen LogP contribution is -2.34. The van der Waals surface area contributed by atoms with Crippen LogP contribution in [0.4, 0.5) is 4.39 Å². The van der Waals surface area contributed by atoms with Gasteiger partial charge in [-0.2, -0.15) is 5.26 Å². The number of nitrogens with zero attached hydrogens (tertiary/aromatic N) is 1. The summed E-state index contributed by atoms with van der Waals surface area (Å²) in [7, 11) is 0. The SMILES string of the molecule is CC1(C)CC(/C(=C\C#N)c2ccc(F)cc2)CCO1. The highest BCUT2D eigenvalue weighted by Gasteiger charge is 2.31. The molecular weight excluding hydrogens is 241 g/mol. The summed E-state index contributed by atoms with van der Waals surface area (Å²) in [5, 5.41) is 8.98. The van der Waals surface area contributed by atoms with Gasteiger partial charge < -0.3 is 4.74 Å². The highest BCUT2D eigenvalue weighted by molar-refractivity contribution is 5.69. The molecule has 0 aliphatic carbocycles. The molecule has 0 N–H and O–H groups in total. The molecule has 0 spiro atoms. The van der Waals surface area contributed by atoms with Crippen LogP contribution in [0.5, 0.6) is 0 Å². The Balaban J connectivity index is 2.29. The summed E-state index contributed by atoms with van der Waals surface area (Å²) < 4.78 is 18.7. The van der Waals surface area contributed by atoms with E-state index in [4.69, 9.17) is 10.00 Å². The van der Waals surface area contributed by atoms with Gasteiger partial charge in [0.25, 0.3) is 0 Å². The Morgan fingerprint density at radius 3 is 2.68 bits per heavy atom. The number of nitriles is 1. The van der Waals surface area contributed by atoms with Crippen molar-refractivity contribution >= 4 is 5.57 Å². The number of benzene rings is 1. The maximum atomic E-state index is 13.0. The predicted molar refractivity (Wildman–Crippen MR) is 72.7 cm³/mol. The normalized spacial score (nSPS) is 22.8. The van der Waals surface area contributed by atoms with Crippen LogP contribution in [-0.4, -0.2) is 12.2 Å². The molecule has 0 radical (unpaired) electrons. The van der Waals surface area contributed by atoms with Gasteiger partial charge in [-0.1, -0.05) is 12.1 Å². The summed E-state index contributed by atoms with van der Waals surface area (Å²) in [5.41, 5.74) is 1.74. The van der Waals surface area contributed by atoms with Crippen LogP contribution in [0.15, 0.2) is 30.3 Å². The topological polar surface area (TPSA) is 33.0 Å². The zero-order valence-corrected chi connectivity index (χ0v) is 11.3. The van der Waals surface area contributed by atoms with Crippen LogP contribution in [0.1, 0.15) is 32.3 Å². The largest absolute Gasteiger partial charge is 0.376 e. The molecule has 3 heteroatoms. The van der Waals surface area contributed by atoms with Gasteiger partial charge in [-0.3, -0.25) is 0 Å². The molecule has 1 fully saturated rings. The molecule has 1 aliphatic heterocycles. The summed E-state index contributed by atoms with van der Waals surface area (Å²) >= 11 is 0. The molecule has 1 unspecified atom stereocenters. The zero-order chi connectivity index (χ0) is 13.9. The number of allylic oxidation sites excluding steroid dienone is 2. The van der Waals surface area contributed by atoms with Gasteiger partial charge in [0.05, 0.1) is 11.7 Å². The van der Waals surface area contributed by atoms with E-state index >= 15 is 0 Å². The highest BCUT2D eigenvalue weighted by Crippen LogP contribution is 2.37. The Kier molecular flexibility index (Phi) is 4.01. The van der Waals surface area contributed by atoms with E-state index in [0.717, 1.165) is 24.0 Å². The summed E-state index contributed by atoms with van der Waals surface area (Å²) in [6, 6.07) is 8.45. The second kappa shape index (κ2) is 5.54. The van der Waals surface area contributed by atoms with Gasteiger partial charge in [0, 0.05) is 12.7 Å². The molecule has 1 aliphatic rings. The van der Waals surface area contributed by atoms with Crippen molar-refractivity contribution in [1.29, 1.82) is 5.26 Å². The first-order chi connectivity index (χ1) is 9.02. The molecule has 19 heavy (non-hydrogen) atoms. The van der Waals surface area contributed by atoms with Crippen LogP contribution in [0, 0.1) is 23.1 Å². The fourth-order valence-electron chi connectivity index (χ4n) is 2.65. The molecule has 2 nitrogen and oxygen atoms in total. The lowest BCUT2D eigenvalue weighted by Gasteiger charge is -2.36.